The molecule has 0 spiro atoms. The van der Waals surface area contributed by atoms with E-state index in [-0.39, 0.29) is 12.5 Å². The highest BCUT2D eigenvalue weighted by atomic mass is 35.5. The Kier molecular flexibility index (Phi) is 4.86. The normalized spacial score (nSPS) is 10.6. The summed E-state index contributed by atoms with van der Waals surface area (Å²) in [6.07, 6.45) is 0. The zero-order chi connectivity index (χ0) is 16.9. The number of rotatable bonds is 6. The number of halogens is 1. The largest absolute Gasteiger partial charge is 0.494 e. The van der Waals surface area contributed by atoms with Crippen molar-refractivity contribution in [2.45, 2.75) is 6.92 Å². The first-order chi connectivity index (χ1) is 11.6. The maximum atomic E-state index is 12.0. The molecule has 0 bridgehead atoms. The average Bonchev–Trinajstić information content (AvgIpc) is 2.94. The number of H-pyrrole nitrogens is 1. The lowest BCUT2D eigenvalue weighted by Gasteiger charge is -2.08. The molecule has 3 rings (SSSR count). The van der Waals surface area contributed by atoms with Crippen molar-refractivity contribution in [3.8, 4) is 11.5 Å². The monoisotopic (exact) mass is 345 g/mol. The van der Waals surface area contributed by atoms with Crippen LogP contribution < -0.4 is 14.8 Å². The number of carbonyl (C=O) groups excluding carboxylic acids is 1. The van der Waals surface area contributed by atoms with Gasteiger partial charge in [-0.1, -0.05) is 0 Å². The van der Waals surface area contributed by atoms with Crippen LogP contribution in [0.25, 0.3) is 11.0 Å². The minimum Gasteiger partial charge on any atom is -0.494 e. The highest BCUT2D eigenvalue weighted by Gasteiger charge is 2.06. The number of anilines is 1. The topological polar surface area (TPSA) is 76.2 Å². The zero-order valence-corrected chi connectivity index (χ0v) is 13.8. The summed E-state index contributed by atoms with van der Waals surface area (Å²) in [5.74, 6) is 1.11. The van der Waals surface area contributed by atoms with Crippen LogP contribution in [0.5, 0.6) is 11.5 Å². The van der Waals surface area contributed by atoms with Crippen molar-refractivity contribution in [2.24, 2.45) is 0 Å². The summed E-state index contributed by atoms with van der Waals surface area (Å²) >= 11 is 5.81. The Morgan fingerprint density at radius 1 is 1.17 bits per heavy atom. The predicted molar refractivity (Wildman–Crippen MR) is 92.8 cm³/mol. The molecule has 3 aromatic rings. The minimum atomic E-state index is -0.256. The maximum Gasteiger partial charge on any atom is 0.262 e. The second-order valence-electron chi connectivity index (χ2n) is 5.00. The molecule has 6 nitrogen and oxygen atoms in total. The van der Waals surface area contributed by atoms with Crippen molar-refractivity contribution in [1.29, 1.82) is 0 Å². The van der Waals surface area contributed by atoms with E-state index >= 15 is 0 Å². The fraction of sp³-hybridized carbons (Fsp3) is 0.176. The number of fused-ring (bicyclic) bond motifs is 1. The number of amides is 1. The molecule has 1 amide bonds. The molecule has 0 saturated carbocycles. The van der Waals surface area contributed by atoms with E-state index in [4.69, 9.17) is 21.1 Å². The Labute approximate surface area is 143 Å². The van der Waals surface area contributed by atoms with Gasteiger partial charge >= 0.3 is 0 Å². The molecule has 0 atom stereocenters. The van der Waals surface area contributed by atoms with Crippen LogP contribution in [-0.4, -0.2) is 29.1 Å². The minimum absolute atomic E-state index is 0.0875. The van der Waals surface area contributed by atoms with Crippen LogP contribution in [0.3, 0.4) is 0 Å². The zero-order valence-electron chi connectivity index (χ0n) is 13.0. The molecule has 124 valence electrons. The van der Waals surface area contributed by atoms with Gasteiger partial charge in [0.25, 0.3) is 5.91 Å². The van der Waals surface area contributed by atoms with Crippen molar-refractivity contribution in [3.63, 3.8) is 0 Å². The highest BCUT2D eigenvalue weighted by Crippen LogP contribution is 2.20. The number of hydrogen-bond acceptors (Lipinski definition) is 4. The van der Waals surface area contributed by atoms with Crippen molar-refractivity contribution >= 4 is 34.2 Å². The molecule has 7 heteroatoms. The van der Waals surface area contributed by atoms with E-state index in [2.05, 4.69) is 15.3 Å². The molecule has 24 heavy (non-hydrogen) atoms. The third-order valence-corrected chi connectivity index (χ3v) is 3.42. The molecule has 1 heterocycles. The number of ether oxygens (including phenoxy) is 2. The van der Waals surface area contributed by atoms with E-state index in [1.807, 2.05) is 6.92 Å². The van der Waals surface area contributed by atoms with E-state index < -0.39 is 0 Å². The standard InChI is InChI=1S/C17H16ClN3O3/c1-2-23-12-4-6-13(7-5-12)24-10-16(22)19-11-3-8-14-15(9-11)21-17(18)20-14/h3-9H,2,10H2,1H3,(H,19,22)(H,20,21). The van der Waals surface area contributed by atoms with Crippen LogP contribution in [-0.2, 0) is 4.79 Å². The Bertz CT molecular complexity index is 846. The summed E-state index contributed by atoms with van der Waals surface area (Å²) in [7, 11) is 0. The maximum absolute atomic E-state index is 12.0. The Balaban J connectivity index is 1.56. The van der Waals surface area contributed by atoms with Gasteiger partial charge in [0, 0.05) is 5.69 Å². The molecule has 2 N–H and O–H groups in total. The number of aromatic nitrogens is 2. The molecule has 0 radical (unpaired) electrons. The van der Waals surface area contributed by atoms with E-state index in [1.165, 1.54) is 0 Å². The van der Waals surface area contributed by atoms with Crippen LogP contribution in [0.1, 0.15) is 6.92 Å². The quantitative estimate of drug-likeness (QED) is 0.715. The van der Waals surface area contributed by atoms with Gasteiger partial charge in [-0.2, -0.15) is 0 Å². The number of nitrogens with zero attached hydrogens (tertiary/aromatic N) is 1. The first-order valence-electron chi connectivity index (χ1n) is 7.45. The summed E-state index contributed by atoms with van der Waals surface area (Å²) in [6.45, 7) is 2.44. The SMILES string of the molecule is CCOc1ccc(OCC(=O)Nc2ccc3nc(Cl)[nH]c3c2)cc1. The summed E-state index contributed by atoms with van der Waals surface area (Å²) in [5, 5.41) is 3.08. The molecule has 0 saturated heterocycles. The fourth-order valence-corrected chi connectivity index (χ4v) is 2.39. The molecular formula is C17H16ClN3O3. The van der Waals surface area contributed by atoms with Crippen LogP contribution in [0.4, 0.5) is 5.69 Å². The number of imidazole rings is 1. The second kappa shape index (κ2) is 7.23. The van der Waals surface area contributed by atoms with Gasteiger partial charge in [0.1, 0.15) is 11.5 Å². The van der Waals surface area contributed by atoms with Crippen molar-refractivity contribution in [2.75, 3.05) is 18.5 Å². The van der Waals surface area contributed by atoms with E-state index in [0.29, 0.717) is 23.3 Å². The Morgan fingerprint density at radius 3 is 2.58 bits per heavy atom. The molecule has 0 aliphatic heterocycles. The van der Waals surface area contributed by atoms with Gasteiger partial charge < -0.3 is 19.8 Å². The van der Waals surface area contributed by atoms with Gasteiger partial charge in [-0.25, -0.2) is 4.98 Å². The Hall–Kier alpha value is -2.73. The molecule has 0 fully saturated rings. The first kappa shape index (κ1) is 16.1. The van der Waals surface area contributed by atoms with Gasteiger partial charge in [0.05, 0.1) is 17.6 Å². The van der Waals surface area contributed by atoms with E-state index in [9.17, 15) is 4.79 Å². The van der Waals surface area contributed by atoms with Crippen molar-refractivity contribution < 1.29 is 14.3 Å². The highest BCUT2D eigenvalue weighted by molar-refractivity contribution is 6.29. The van der Waals surface area contributed by atoms with Crippen molar-refractivity contribution in [1.82, 2.24) is 9.97 Å². The number of hydrogen-bond donors (Lipinski definition) is 2. The first-order valence-corrected chi connectivity index (χ1v) is 7.82. The second-order valence-corrected chi connectivity index (χ2v) is 5.36. The van der Waals surface area contributed by atoms with Crippen LogP contribution >= 0.6 is 11.6 Å². The van der Waals surface area contributed by atoms with Crippen LogP contribution in [0.15, 0.2) is 42.5 Å². The van der Waals surface area contributed by atoms with Gasteiger partial charge in [0.15, 0.2) is 6.61 Å². The van der Waals surface area contributed by atoms with Crippen LogP contribution in [0, 0.1) is 0 Å². The summed E-state index contributed by atoms with van der Waals surface area (Å²) in [4.78, 5) is 19.0. The summed E-state index contributed by atoms with van der Waals surface area (Å²) < 4.78 is 10.8. The number of aromatic amines is 1. The lowest BCUT2D eigenvalue weighted by molar-refractivity contribution is -0.118. The van der Waals surface area contributed by atoms with Gasteiger partial charge in [0.2, 0.25) is 5.28 Å². The van der Waals surface area contributed by atoms with E-state index in [0.717, 1.165) is 16.8 Å². The third kappa shape index (κ3) is 3.97. The smallest absolute Gasteiger partial charge is 0.262 e. The Morgan fingerprint density at radius 2 is 1.88 bits per heavy atom. The van der Waals surface area contributed by atoms with Gasteiger partial charge in [-0.15, -0.1) is 0 Å². The van der Waals surface area contributed by atoms with Crippen molar-refractivity contribution in [3.05, 3.63) is 47.7 Å². The molecule has 0 unspecified atom stereocenters. The number of nitrogens with one attached hydrogen (secondary N) is 2. The molecule has 2 aromatic carbocycles. The molecular weight excluding hydrogens is 330 g/mol. The fourth-order valence-electron chi connectivity index (χ4n) is 2.20. The average molecular weight is 346 g/mol. The lowest BCUT2D eigenvalue weighted by atomic mass is 10.3. The molecule has 0 aliphatic rings. The van der Waals surface area contributed by atoms with Gasteiger partial charge in [-0.3, -0.25) is 4.79 Å². The molecule has 1 aromatic heterocycles. The van der Waals surface area contributed by atoms with Crippen LogP contribution in [0.2, 0.25) is 5.28 Å². The number of benzene rings is 2. The third-order valence-electron chi connectivity index (χ3n) is 3.24. The predicted octanol–water partition coefficient (Wildman–Crippen LogP) is 3.63. The molecule has 0 aliphatic carbocycles. The van der Waals surface area contributed by atoms with Gasteiger partial charge in [-0.05, 0) is 61.0 Å². The summed E-state index contributed by atoms with van der Waals surface area (Å²) in [6, 6.07) is 12.4. The number of carbonyl (C=O) groups is 1. The van der Waals surface area contributed by atoms with E-state index in [1.54, 1.807) is 42.5 Å². The lowest BCUT2D eigenvalue weighted by Crippen LogP contribution is -2.20. The summed E-state index contributed by atoms with van der Waals surface area (Å²) in [5.41, 5.74) is 2.14.